The molecule has 0 atom stereocenters. The Morgan fingerprint density at radius 3 is 1.88 bits per heavy atom. The summed E-state index contributed by atoms with van der Waals surface area (Å²) in [6.07, 6.45) is 0. The lowest BCUT2D eigenvalue weighted by atomic mass is 10.0. The minimum absolute atomic E-state index is 0.0486. The van der Waals surface area contributed by atoms with E-state index in [9.17, 15) is 4.79 Å². The van der Waals surface area contributed by atoms with Crippen molar-refractivity contribution in [3.63, 3.8) is 0 Å². The van der Waals surface area contributed by atoms with Crippen LogP contribution in [0.3, 0.4) is 0 Å². The molecular formula is C38H23N3O. The monoisotopic (exact) mass is 537 g/mol. The summed E-state index contributed by atoms with van der Waals surface area (Å²) in [4.78, 5) is 19.4. The minimum atomic E-state index is -0.0486. The molecule has 0 spiro atoms. The maximum atomic E-state index is 14.1. The van der Waals surface area contributed by atoms with Gasteiger partial charge in [-0.1, -0.05) is 109 Å². The molecule has 0 aliphatic heterocycles. The highest BCUT2D eigenvalue weighted by atomic mass is 16.1. The van der Waals surface area contributed by atoms with Crippen molar-refractivity contribution in [1.82, 2.24) is 14.0 Å². The number of aromatic nitrogens is 3. The third kappa shape index (κ3) is 3.12. The van der Waals surface area contributed by atoms with Gasteiger partial charge in [-0.3, -0.25) is 9.20 Å². The van der Waals surface area contributed by atoms with Crippen molar-refractivity contribution >= 4 is 49.0 Å². The molecule has 0 aliphatic carbocycles. The highest BCUT2D eigenvalue weighted by molar-refractivity contribution is 6.25. The fraction of sp³-hybridized carbons (Fsp3) is 0. The highest BCUT2D eigenvalue weighted by Gasteiger charge is 2.24. The Balaban J connectivity index is 1.50. The van der Waals surface area contributed by atoms with Crippen molar-refractivity contribution in [2.45, 2.75) is 0 Å². The molecule has 0 unspecified atom stereocenters. The number of hydrogen-bond donors (Lipinski definition) is 0. The molecule has 42 heavy (non-hydrogen) atoms. The Morgan fingerprint density at radius 1 is 0.476 bits per heavy atom. The summed E-state index contributed by atoms with van der Waals surface area (Å²) in [6, 6.07) is 47.8. The predicted octanol–water partition coefficient (Wildman–Crippen LogP) is 8.87. The maximum Gasteiger partial charge on any atom is 0.264 e. The van der Waals surface area contributed by atoms with E-state index < -0.39 is 0 Å². The Morgan fingerprint density at radius 2 is 1.10 bits per heavy atom. The molecule has 0 fully saturated rings. The van der Waals surface area contributed by atoms with E-state index >= 15 is 0 Å². The highest BCUT2D eigenvalue weighted by Crippen LogP contribution is 2.41. The van der Waals surface area contributed by atoms with E-state index in [4.69, 9.17) is 4.98 Å². The van der Waals surface area contributed by atoms with E-state index in [1.165, 1.54) is 5.56 Å². The van der Waals surface area contributed by atoms with E-state index in [0.717, 1.165) is 60.4 Å². The van der Waals surface area contributed by atoms with Crippen molar-refractivity contribution in [3.05, 3.63) is 150 Å². The summed E-state index contributed by atoms with van der Waals surface area (Å²) in [5.74, 6) is 0.661. The second kappa shape index (κ2) is 8.63. The average molecular weight is 538 g/mol. The van der Waals surface area contributed by atoms with Crippen molar-refractivity contribution in [1.29, 1.82) is 0 Å². The second-order valence-corrected chi connectivity index (χ2v) is 10.8. The van der Waals surface area contributed by atoms with Gasteiger partial charge in [-0.25, -0.2) is 4.98 Å². The molecule has 0 N–H and O–H groups in total. The van der Waals surface area contributed by atoms with Crippen LogP contribution in [0.25, 0.3) is 77.2 Å². The van der Waals surface area contributed by atoms with Crippen LogP contribution in [0.2, 0.25) is 0 Å². The van der Waals surface area contributed by atoms with Crippen LogP contribution in [0.5, 0.6) is 0 Å². The molecule has 0 saturated carbocycles. The van der Waals surface area contributed by atoms with Gasteiger partial charge < -0.3 is 4.57 Å². The fourth-order valence-corrected chi connectivity index (χ4v) is 6.62. The number of pyridine rings is 1. The molecule has 6 aromatic carbocycles. The lowest BCUT2D eigenvalue weighted by molar-refractivity contribution is 1.13. The SMILES string of the molecule is O=c1c2ccccc2c2cc3c4ccccc4n(-c4cccc(-c5ccccc5)c4)c3c3nc(-c4ccccc4)n1c23. The normalized spacial score (nSPS) is 11.9. The molecule has 4 heteroatoms. The fourth-order valence-electron chi connectivity index (χ4n) is 6.62. The first-order chi connectivity index (χ1) is 20.8. The number of nitrogens with zero attached hydrogens (tertiary/aromatic N) is 3. The van der Waals surface area contributed by atoms with E-state index in [2.05, 4.69) is 89.5 Å². The van der Waals surface area contributed by atoms with Gasteiger partial charge in [-0.2, -0.15) is 0 Å². The molecule has 3 aromatic heterocycles. The molecule has 0 aliphatic rings. The van der Waals surface area contributed by atoms with Crippen molar-refractivity contribution in [2.24, 2.45) is 0 Å². The zero-order valence-corrected chi connectivity index (χ0v) is 22.5. The number of benzene rings is 6. The van der Waals surface area contributed by atoms with Crippen LogP contribution < -0.4 is 5.56 Å². The first-order valence-corrected chi connectivity index (χ1v) is 14.1. The van der Waals surface area contributed by atoms with Gasteiger partial charge >= 0.3 is 0 Å². The Labute approximate surface area is 240 Å². The van der Waals surface area contributed by atoms with E-state index in [1.54, 1.807) is 0 Å². The zero-order valence-electron chi connectivity index (χ0n) is 22.5. The first-order valence-electron chi connectivity index (χ1n) is 14.1. The molecule has 0 bridgehead atoms. The van der Waals surface area contributed by atoms with Gasteiger partial charge in [0.15, 0.2) is 0 Å². The third-order valence-electron chi connectivity index (χ3n) is 8.45. The number of para-hydroxylation sites is 1. The number of fused-ring (bicyclic) bond motifs is 6. The van der Waals surface area contributed by atoms with Crippen LogP contribution in [-0.4, -0.2) is 14.0 Å². The van der Waals surface area contributed by atoms with Gasteiger partial charge in [0, 0.05) is 32.8 Å². The van der Waals surface area contributed by atoms with Crippen LogP contribution in [0, 0.1) is 0 Å². The third-order valence-corrected chi connectivity index (χ3v) is 8.45. The molecule has 9 aromatic rings. The van der Waals surface area contributed by atoms with Crippen LogP contribution in [0.1, 0.15) is 0 Å². The largest absolute Gasteiger partial charge is 0.307 e. The van der Waals surface area contributed by atoms with Gasteiger partial charge in [0.1, 0.15) is 11.3 Å². The topological polar surface area (TPSA) is 39.3 Å². The van der Waals surface area contributed by atoms with Crippen molar-refractivity contribution < 1.29 is 0 Å². The lowest BCUT2D eigenvalue weighted by Crippen LogP contribution is -2.14. The maximum absolute atomic E-state index is 14.1. The van der Waals surface area contributed by atoms with E-state index in [-0.39, 0.29) is 5.56 Å². The van der Waals surface area contributed by atoms with Crippen LogP contribution in [0.4, 0.5) is 0 Å². The summed E-state index contributed by atoms with van der Waals surface area (Å²) in [6.45, 7) is 0. The minimum Gasteiger partial charge on any atom is -0.307 e. The van der Waals surface area contributed by atoms with E-state index in [0.29, 0.717) is 11.2 Å². The number of imidazole rings is 1. The standard InChI is InChI=1S/C38H23N3O/c42-38-30-20-8-7-18-28(30)31-23-32-29-19-9-10-21-33(29)40(27-17-11-16-26(22-27)24-12-3-1-4-13-24)35(32)34-36(31)41(38)37(39-34)25-14-5-2-6-15-25/h1-23H. The predicted molar refractivity (Wildman–Crippen MR) is 173 cm³/mol. The summed E-state index contributed by atoms with van der Waals surface area (Å²) in [5.41, 5.74) is 8.01. The number of hydrogen-bond acceptors (Lipinski definition) is 2. The Bertz CT molecular complexity index is 2530. The average Bonchev–Trinajstić information content (AvgIpc) is 3.62. The molecule has 4 nitrogen and oxygen atoms in total. The van der Waals surface area contributed by atoms with Crippen LogP contribution in [0.15, 0.2) is 144 Å². The summed E-state index contributed by atoms with van der Waals surface area (Å²) in [7, 11) is 0. The summed E-state index contributed by atoms with van der Waals surface area (Å²) >= 11 is 0. The van der Waals surface area contributed by atoms with E-state index in [1.807, 2.05) is 59.0 Å². The van der Waals surface area contributed by atoms with Gasteiger partial charge in [0.05, 0.1) is 16.6 Å². The first kappa shape index (κ1) is 23.0. The zero-order chi connectivity index (χ0) is 27.8. The molecule has 0 saturated heterocycles. The molecule has 0 amide bonds. The van der Waals surface area contributed by atoms with Gasteiger partial charge in [-0.05, 0) is 46.8 Å². The van der Waals surface area contributed by atoms with Gasteiger partial charge in [0.2, 0.25) is 0 Å². The lowest BCUT2D eigenvalue weighted by Gasteiger charge is -2.11. The molecule has 0 radical (unpaired) electrons. The van der Waals surface area contributed by atoms with Crippen molar-refractivity contribution in [3.8, 4) is 28.2 Å². The summed E-state index contributed by atoms with van der Waals surface area (Å²) in [5, 5.41) is 4.94. The molecular weight excluding hydrogens is 514 g/mol. The van der Waals surface area contributed by atoms with Gasteiger partial charge in [-0.15, -0.1) is 0 Å². The Kier molecular flexibility index (Phi) is 4.73. The van der Waals surface area contributed by atoms with Gasteiger partial charge in [0.25, 0.3) is 5.56 Å². The smallest absolute Gasteiger partial charge is 0.264 e. The molecule has 3 heterocycles. The molecule has 9 rings (SSSR count). The summed E-state index contributed by atoms with van der Waals surface area (Å²) < 4.78 is 4.14. The van der Waals surface area contributed by atoms with Crippen LogP contribution >= 0.6 is 0 Å². The second-order valence-electron chi connectivity index (χ2n) is 10.8. The van der Waals surface area contributed by atoms with Crippen molar-refractivity contribution in [2.75, 3.05) is 0 Å². The quantitative estimate of drug-likeness (QED) is 0.211. The molecule has 196 valence electrons. The number of rotatable bonds is 3. The van der Waals surface area contributed by atoms with Crippen LogP contribution in [-0.2, 0) is 0 Å². The Hall–Kier alpha value is -5.74.